The molecule has 0 bridgehead atoms. The number of hydrogen-bond acceptors (Lipinski definition) is 4. The van der Waals surface area contributed by atoms with Crippen molar-refractivity contribution in [2.75, 3.05) is 6.54 Å². The highest BCUT2D eigenvalue weighted by Crippen LogP contribution is 2.20. The highest BCUT2D eigenvalue weighted by atomic mass is 35.5. The van der Waals surface area contributed by atoms with E-state index in [0.717, 1.165) is 24.3 Å². The summed E-state index contributed by atoms with van der Waals surface area (Å²) in [6.07, 6.45) is 1.50. The molecule has 0 spiro atoms. The summed E-state index contributed by atoms with van der Waals surface area (Å²) in [6, 6.07) is 7.59. The summed E-state index contributed by atoms with van der Waals surface area (Å²) in [5, 5.41) is 16.8. The minimum Gasteiger partial charge on any atom is -0.312 e. The Morgan fingerprint density at radius 1 is 1.45 bits per heavy atom. The first-order valence-corrected chi connectivity index (χ1v) is 6.79. The van der Waals surface area contributed by atoms with Crippen LogP contribution in [0, 0.1) is 17.2 Å². The largest absolute Gasteiger partial charge is 0.312 e. The molecule has 0 saturated heterocycles. The second-order valence-corrected chi connectivity index (χ2v) is 5.33. The summed E-state index contributed by atoms with van der Waals surface area (Å²) < 4.78 is 1.54. The van der Waals surface area contributed by atoms with Gasteiger partial charge in [-0.15, -0.1) is 5.10 Å². The monoisotopic (exact) mass is 289 g/mol. The van der Waals surface area contributed by atoms with E-state index in [2.05, 4.69) is 29.2 Å². The van der Waals surface area contributed by atoms with Crippen LogP contribution in [0.3, 0.4) is 0 Å². The molecule has 0 radical (unpaired) electrons. The second kappa shape index (κ2) is 6.51. The van der Waals surface area contributed by atoms with E-state index >= 15 is 0 Å². The average Bonchev–Trinajstić information content (AvgIpc) is 2.89. The first kappa shape index (κ1) is 14.5. The van der Waals surface area contributed by atoms with Crippen molar-refractivity contribution in [1.82, 2.24) is 20.1 Å². The van der Waals surface area contributed by atoms with Crippen LogP contribution in [0.1, 0.15) is 25.2 Å². The number of nitrogens with zero attached hydrogens (tertiary/aromatic N) is 4. The molecule has 5 nitrogen and oxygen atoms in total. The fourth-order valence-corrected chi connectivity index (χ4v) is 2.00. The first-order valence-electron chi connectivity index (χ1n) is 6.41. The van der Waals surface area contributed by atoms with E-state index in [1.807, 2.05) is 24.3 Å². The molecule has 0 amide bonds. The molecule has 0 aliphatic rings. The van der Waals surface area contributed by atoms with Crippen molar-refractivity contribution in [1.29, 1.82) is 5.26 Å². The van der Waals surface area contributed by atoms with Crippen LogP contribution in [0.25, 0.3) is 5.69 Å². The van der Waals surface area contributed by atoms with E-state index in [9.17, 15) is 0 Å². The lowest BCUT2D eigenvalue weighted by Crippen LogP contribution is -2.19. The number of benzene rings is 1. The Hall–Kier alpha value is -1.90. The summed E-state index contributed by atoms with van der Waals surface area (Å²) in [5.41, 5.74) is 1.83. The van der Waals surface area contributed by atoms with Crippen molar-refractivity contribution in [3.8, 4) is 11.8 Å². The minimum absolute atomic E-state index is 0.142. The molecule has 0 aliphatic carbocycles. The first-order chi connectivity index (χ1) is 9.60. The Balaban J connectivity index is 2.11. The minimum atomic E-state index is 0.142. The third-order valence-electron chi connectivity index (χ3n) is 2.76. The van der Waals surface area contributed by atoms with E-state index in [1.165, 1.54) is 11.0 Å². The molecular formula is C14H16ClN5. The lowest BCUT2D eigenvalue weighted by atomic mass is 10.2. The molecule has 0 saturated carbocycles. The van der Waals surface area contributed by atoms with Crippen molar-refractivity contribution in [2.24, 2.45) is 5.92 Å². The molecule has 2 rings (SSSR count). The molecule has 0 fully saturated rings. The van der Waals surface area contributed by atoms with Crippen LogP contribution < -0.4 is 5.32 Å². The van der Waals surface area contributed by atoms with Gasteiger partial charge in [0.05, 0.1) is 5.69 Å². The Kier molecular flexibility index (Phi) is 4.72. The molecule has 0 atom stereocenters. The molecular weight excluding hydrogens is 274 g/mol. The van der Waals surface area contributed by atoms with Gasteiger partial charge in [-0.25, -0.2) is 9.67 Å². The smallest absolute Gasteiger partial charge is 0.252 e. The third-order valence-corrected chi connectivity index (χ3v) is 3.11. The number of hydrogen-bond donors (Lipinski definition) is 1. The van der Waals surface area contributed by atoms with Crippen molar-refractivity contribution in [3.05, 3.63) is 40.9 Å². The lowest BCUT2D eigenvalue weighted by Gasteiger charge is -2.10. The lowest BCUT2D eigenvalue weighted by molar-refractivity contribution is 0.552. The van der Waals surface area contributed by atoms with E-state index in [0.29, 0.717) is 10.9 Å². The zero-order valence-corrected chi connectivity index (χ0v) is 12.2. The van der Waals surface area contributed by atoms with Crippen LogP contribution in [0.2, 0.25) is 5.02 Å². The Labute approximate surface area is 123 Å². The number of nitrogens with one attached hydrogen (secondary N) is 1. The summed E-state index contributed by atoms with van der Waals surface area (Å²) >= 11 is 6.27. The van der Waals surface area contributed by atoms with Gasteiger partial charge in [-0.2, -0.15) is 5.26 Å². The van der Waals surface area contributed by atoms with Gasteiger partial charge in [-0.05, 0) is 30.2 Å². The van der Waals surface area contributed by atoms with Crippen LogP contribution in [-0.2, 0) is 6.54 Å². The fourth-order valence-electron chi connectivity index (χ4n) is 1.76. The fraction of sp³-hybridized carbons (Fsp3) is 0.357. The maximum absolute atomic E-state index is 8.72. The molecule has 20 heavy (non-hydrogen) atoms. The van der Waals surface area contributed by atoms with Gasteiger partial charge in [0.2, 0.25) is 0 Å². The highest BCUT2D eigenvalue weighted by molar-refractivity contribution is 6.31. The number of aromatic nitrogens is 3. The summed E-state index contributed by atoms with van der Waals surface area (Å²) in [5.74, 6) is 0.747. The molecule has 1 heterocycles. The quantitative estimate of drug-likeness (QED) is 0.918. The third kappa shape index (κ3) is 3.56. The van der Waals surface area contributed by atoms with E-state index in [4.69, 9.17) is 16.9 Å². The molecule has 104 valence electrons. The summed E-state index contributed by atoms with van der Waals surface area (Å²) in [6.45, 7) is 6.01. The van der Waals surface area contributed by atoms with Crippen molar-refractivity contribution in [3.63, 3.8) is 0 Å². The van der Waals surface area contributed by atoms with Crippen molar-refractivity contribution < 1.29 is 0 Å². The van der Waals surface area contributed by atoms with Crippen LogP contribution >= 0.6 is 11.6 Å². The van der Waals surface area contributed by atoms with Crippen LogP contribution in [0.5, 0.6) is 0 Å². The van der Waals surface area contributed by atoms with E-state index in [1.54, 1.807) is 0 Å². The molecule has 0 aliphatic heterocycles. The average molecular weight is 290 g/mol. The normalized spacial score (nSPS) is 10.8. The van der Waals surface area contributed by atoms with Gasteiger partial charge in [0, 0.05) is 11.6 Å². The summed E-state index contributed by atoms with van der Waals surface area (Å²) in [7, 11) is 0. The maximum Gasteiger partial charge on any atom is 0.252 e. The standard InChI is InChI=1S/C14H16ClN5/c1-10(2)7-17-8-11-3-4-12(5-13(11)15)20-9-18-14(6-16)19-20/h3-5,9-10,17H,7-8H2,1-2H3. The predicted octanol–water partition coefficient (Wildman–Crippen LogP) is 2.54. The van der Waals surface area contributed by atoms with E-state index in [-0.39, 0.29) is 5.82 Å². The highest BCUT2D eigenvalue weighted by Gasteiger charge is 2.06. The van der Waals surface area contributed by atoms with Gasteiger partial charge < -0.3 is 5.32 Å². The van der Waals surface area contributed by atoms with Crippen LogP contribution in [0.4, 0.5) is 0 Å². The summed E-state index contributed by atoms with van der Waals surface area (Å²) in [4.78, 5) is 3.87. The Bertz CT molecular complexity index is 627. The molecule has 0 unspecified atom stereocenters. The van der Waals surface area contributed by atoms with Gasteiger partial charge in [-0.1, -0.05) is 31.5 Å². The second-order valence-electron chi connectivity index (χ2n) is 4.93. The maximum atomic E-state index is 8.72. The van der Waals surface area contributed by atoms with Gasteiger partial charge >= 0.3 is 0 Å². The van der Waals surface area contributed by atoms with Crippen molar-refractivity contribution >= 4 is 11.6 Å². The number of nitriles is 1. The van der Waals surface area contributed by atoms with E-state index < -0.39 is 0 Å². The van der Waals surface area contributed by atoms with Gasteiger partial charge in [-0.3, -0.25) is 0 Å². The topological polar surface area (TPSA) is 66.5 Å². The molecule has 1 N–H and O–H groups in total. The molecule has 2 aromatic rings. The zero-order chi connectivity index (χ0) is 14.5. The number of rotatable bonds is 5. The van der Waals surface area contributed by atoms with Crippen LogP contribution in [-0.4, -0.2) is 21.3 Å². The number of halogens is 1. The van der Waals surface area contributed by atoms with Crippen molar-refractivity contribution in [2.45, 2.75) is 20.4 Å². The van der Waals surface area contributed by atoms with Gasteiger partial charge in [0.25, 0.3) is 5.82 Å². The Morgan fingerprint density at radius 2 is 2.25 bits per heavy atom. The Morgan fingerprint density at radius 3 is 2.85 bits per heavy atom. The molecule has 1 aromatic heterocycles. The van der Waals surface area contributed by atoms with Gasteiger partial charge in [0.15, 0.2) is 0 Å². The molecule has 1 aromatic carbocycles. The van der Waals surface area contributed by atoms with Crippen LogP contribution in [0.15, 0.2) is 24.5 Å². The predicted molar refractivity (Wildman–Crippen MR) is 77.6 cm³/mol. The zero-order valence-electron chi connectivity index (χ0n) is 11.5. The SMILES string of the molecule is CC(C)CNCc1ccc(-n2cnc(C#N)n2)cc1Cl. The van der Waals surface area contributed by atoms with Gasteiger partial charge in [0.1, 0.15) is 12.4 Å². The molecule has 6 heteroatoms.